The number of amides is 1. The molecule has 0 aliphatic rings. The molecule has 2 aromatic carbocycles. The molecular weight excluding hydrogens is 380 g/mol. The number of para-hydroxylation sites is 3. The lowest BCUT2D eigenvalue weighted by molar-refractivity contribution is -0.113. The molecule has 3 rings (SSSR count). The topological polar surface area (TPSA) is 76.1 Å². The van der Waals surface area contributed by atoms with Gasteiger partial charge in [-0.1, -0.05) is 60.4 Å². The number of aromatic nitrogens is 2. The summed E-state index contributed by atoms with van der Waals surface area (Å²) >= 11 is 2.77. The number of anilines is 3. The zero-order valence-electron chi connectivity index (χ0n) is 14.8. The summed E-state index contributed by atoms with van der Waals surface area (Å²) in [6.45, 7) is 2.66. The Kier molecular flexibility index (Phi) is 7.06. The molecule has 0 bridgehead atoms. The summed E-state index contributed by atoms with van der Waals surface area (Å²) in [5, 5.41) is 15.0. The fraction of sp³-hybridized carbons (Fsp3) is 0.211. The van der Waals surface area contributed by atoms with Gasteiger partial charge in [-0.05, 0) is 30.7 Å². The van der Waals surface area contributed by atoms with E-state index >= 15 is 0 Å². The first kappa shape index (κ1) is 19.2. The average Bonchev–Trinajstić information content (AvgIpc) is 3.14. The van der Waals surface area contributed by atoms with Gasteiger partial charge in [0, 0.05) is 5.69 Å². The first-order chi connectivity index (χ1) is 13.2. The van der Waals surface area contributed by atoms with E-state index in [-0.39, 0.29) is 11.7 Å². The second-order valence-corrected chi connectivity index (χ2v) is 7.75. The summed E-state index contributed by atoms with van der Waals surface area (Å²) < 4.78 is 6.40. The van der Waals surface area contributed by atoms with Crippen LogP contribution in [0.3, 0.4) is 0 Å². The predicted octanol–water partition coefficient (Wildman–Crippen LogP) is 4.80. The summed E-state index contributed by atoms with van der Waals surface area (Å²) in [5.41, 5.74) is 1.63. The molecular formula is C19H20N4O2S2. The van der Waals surface area contributed by atoms with Gasteiger partial charge in [-0.15, -0.1) is 10.2 Å². The van der Waals surface area contributed by atoms with E-state index in [0.29, 0.717) is 23.2 Å². The van der Waals surface area contributed by atoms with Gasteiger partial charge in [0.05, 0.1) is 18.0 Å². The zero-order chi connectivity index (χ0) is 18.9. The molecule has 0 radical (unpaired) electrons. The number of benzene rings is 2. The highest BCUT2D eigenvalue weighted by molar-refractivity contribution is 8.01. The average molecular weight is 401 g/mol. The number of hydrogen-bond acceptors (Lipinski definition) is 7. The number of carbonyl (C=O) groups is 1. The highest BCUT2D eigenvalue weighted by atomic mass is 32.2. The molecule has 6 nitrogen and oxygen atoms in total. The molecule has 1 amide bonds. The standard InChI is InChI=1S/C19H20N4O2S2/c1-2-12-25-16-11-7-6-10-15(16)21-17(24)13-26-19-23-22-18(27-19)20-14-8-4-3-5-9-14/h3-11H,2,12-13H2,1H3,(H,20,22)(H,21,24). The van der Waals surface area contributed by atoms with E-state index in [1.807, 2.05) is 61.5 Å². The second kappa shape index (κ2) is 9.94. The fourth-order valence-corrected chi connectivity index (χ4v) is 3.76. The molecule has 140 valence electrons. The number of thioether (sulfide) groups is 1. The van der Waals surface area contributed by atoms with Crippen molar-refractivity contribution < 1.29 is 9.53 Å². The van der Waals surface area contributed by atoms with Gasteiger partial charge in [0.15, 0.2) is 4.34 Å². The monoisotopic (exact) mass is 400 g/mol. The maximum absolute atomic E-state index is 12.3. The molecule has 2 N–H and O–H groups in total. The summed E-state index contributed by atoms with van der Waals surface area (Å²) in [7, 11) is 0. The van der Waals surface area contributed by atoms with Gasteiger partial charge in [-0.2, -0.15) is 0 Å². The molecule has 0 aliphatic heterocycles. The quantitative estimate of drug-likeness (QED) is 0.503. The highest BCUT2D eigenvalue weighted by Gasteiger charge is 2.11. The SMILES string of the molecule is CCCOc1ccccc1NC(=O)CSc1nnc(Nc2ccccc2)s1. The third kappa shape index (κ3) is 5.97. The summed E-state index contributed by atoms with van der Waals surface area (Å²) in [6.07, 6.45) is 0.911. The van der Waals surface area contributed by atoms with Crippen molar-refractivity contribution in [2.45, 2.75) is 17.7 Å². The van der Waals surface area contributed by atoms with E-state index in [2.05, 4.69) is 20.8 Å². The fourth-order valence-electron chi connectivity index (χ4n) is 2.18. The van der Waals surface area contributed by atoms with E-state index in [1.165, 1.54) is 23.1 Å². The molecule has 8 heteroatoms. The van der Waals surface area contributed by atoms with E-state index < -0.39 is 0 Å². The molecule has 0 saturated heterocycles. The Morgan fingerprint density at radius 2 is 1.89 bits per heavy atom. The van der Waals surface area contributed by atoms with E-state index in [1.54, 1.807) is 0 Å². The Morgan fingerprint density at radius 3 is 2.70 bits per heavy atom. The number of ether oxygens (including phenoxy) is 1. The van der Waals surface area contributed by atoms with Crippen LogP contribution in [0, 0.1) is 0 Å². The normalized spacial score (nSPS) is 10.4. The van der Waals surface area contributed by atoms with Gasteiger partial charge in [0.1, 0.15) is 5.75 Å². The van der Waals surface area contributed by atoms with E-state index in [9.17, 15) is 4.79 Å². The van der Waals surface area contributed by atoms with Gasteiger partial charge in [-0.25, -0.2) is 0 Å². The van der Waals surface area contributed by atoms with Crippen LogP contribution < -0.4 is 15.4 Å². The summed E-state index contributed by atoms with van der Waals surface area (Å²) in [6, 6.07) is 17.2. The number of nitrogens with one attached hydrogen (secondary N) is 2. The molecule has 0 fully saturated rings. The molecule has 27 heavy (non-hydrogen) atoms. The number of nitrogens with zero attached hydrogens (tertiary/aromatic N) is 2. The van der Waals surface area contributed by atoms with E-state index in [4.69, 9.17) is 4.74 Å². The van der Waals surface area contributed by atoms with Crippen molar-refractivity contribution in [1.29, 1.82) is 0 Å². The van der Waals surface area contributed by atoms with Gasteiger partial charge < -0.3 is 15.4 Å². The lowest BCUT2D eigenvalue weighted by Crippen LogP contribution is -2.15. The Balaban J connectivity index is 1.51. The molecule has 0 atom stereocenters. The molecule has 3 aromatic rings. The van der Waals surface area contributed by atoms with Crippen LogP contribution in [0.2, 0.25) is 0 Å². The first-order valence-electron chi connectivity index (χ1n) is 8.54. The molecule has 0 aliphatic carbocycles. The van der Waals surface area contributed by atoms with Crippen LogP contribution in [-0.4, -0.2) is 28.5 Å². The molecule has 0 saturated carbocycles. The van der Waals surface area contributed by atoms with Crippen molar-refractivity contribution >= 4 is 45.5 Å². The van der Waals surface area contributed by atoms with Gasteiger partial charge in [0.25, 0.3) is 0 Å². The minimum absolute atomic E-state index is 0.111. The Hall–Kier alpha value is -2.58. The van der Waals surface area contributed by atoms with Gasteiger partial charge in [-0.3, -0.25) is 4.79 Å². The summed E-state index contributed by atoms with van der Waals surface area (Å²) in [4.78, 5) is 12.3. The maximum atomic E-state index is 12.3. The molecule has 0 unspecified atom stereocenters. The smallest absolute Gasteiger partial charge is 0.234 e. The highest BCUT2D eigenvalue weighted by Crippen LogP contribution is 2.28. The summed E-state index contributed by atoms with van der Waals surface area (Å²) in [5.74, 6) is 0.825. The van der Waals surface area contributed by atoms with Crippen molar-refractivity contribution in [3.05, 3.63) is 54.6 Å². The number of rotatable bonds is 9. The molecule has 1 heterocycles. The van der Waals surface area contributed by atoms with E-state index in [0.717, 1.165) is 16.4 Å². The first-order valence-corrected chi connectivity index (χ1v) is 10.3. The van der Waals surface area contributed by atoms with Crippen molar-refractivity contribution in [3.8, 4) is 5.75 Å². The Bertz CT molecular complexity index is 871. The maximum Gasteiger partial charge on any atom is 0.234 e. The third-order valence-electron chi connectivity index (χ3n) is 3.38. The number of hydrogen-bond donors (Lipinski definition) is 2. The molecule has 1 aromatic heterocycles. The van der Waals surface area contributed by atoms with Crippen LogP contribution in [0.25, 0.3) is 0 Å². The predicted molar refractivity (Wildman–Crippen MR) is 111 cm³/mol. The van der Waals surface area contributed by atoms with Crippen molar-refractivity contribution in [2.24, 2.45) is 0 Å². The van der Waals surface area contributed by atoms with Crippen LogP contribution in [-0.2, 0) is 4.79 Å². The lowest BCUT2D eigenvalue weighted by Gasteiger charge is -2.11. The minimum Gasteiger partial charge on any atom is -0.491 e. The lowest BCUT2D eigenvalue weighted by atomic mass is 10.3. The number of carbonyl (C=O) groups excluding carboxylic acids is 1. The largest absolute Gasteiger partial charge is 0.491 e. The molecule has 0 spiro atoms. The Morgan fingerprint density at radius 1 is 1.11 bits per heavy atom. The van der Waals surface area contributed by atoms with Crippen molar-refractivity contribution in [3.63, 3.8) is 0 Å². The Labute approximate surface area is 166 Å². The van der Waals surface area contributed by atoms with Crippen LogP contribution in [0.5, 0.6) is 5.75 Å². The van der Waals surface area contributed by atoms with Crippen LogP contribution in [0.1, 0.15) is 13.3 Å². The van der Waals surface area contributed by atoms with Crippen molar-refractivity contribution in [1.82, 2.24) is 10.2 Å². The second-order valence-electron chi connectivity index (χ2n) is 5.55. The van der Waals surface area contributed by atoms with Gasteiger partial charge in [0.2, 0.25) is 11.0 Å². The minimum atomic E-state index is -0.111. The van der Waals surface area contributed by atoms with Crippen molar-refractivity contribution in [2.75, 3.05) is 23.0 Å². The van der Waals surface area contributed by atoms with Crippen LogP contribution >= 0.6 is 23.1 Å². The third-order valence-corrected chi connectivity index (χ3v) is 5.35. The van der Waals surface area contributed by atoms with Crippen LogP contribution in [0.15, 0.2) is 58.9 Å². The van der Waals surface area contributed by atoms with Crippen LogP contribution in [0.4, 0.5) is 16.5 Å². The van der Waals surface area contributed by atoms with Gasteiger partial charge >= 0.3 is 0 Å². The zero-order valence-corrected chi connectivity index (χ0v) is 16.5.